The highest BCUT2D eigenvalue weighted by molar-refractivity contribution is 7.89. The summed E-state index contributed by atoms with van der Waals surface area (Å²) < 4.78 is 26.0. The monoisotopic (exact) mass is 270 g/mol. The van der Waals surface area contributed by atoms with Crippen LogP contribution in [0.3, 0.4) is 0 Å². The molecule has 0 atom stereocenters. The van der Waals surface area contributed by atoms with Crippen LogP contribution in [0.25, 0.3) is 0 Å². The highest BCUT2D eigenvalue weighted by atomic mass is 32.2. The quantitative estimate of drug-likeness (QED) is 0.858. The molecule has 18 heavy (non-hydrogen) atoms. The van der Waals surface area contributed by atoms with E-state index in [2.05, 4.69) is 4.72 Å². The van der Waals surface area contributed by atoms with Crippen molar-refractivity contribution in [3.05, 3.63) is 23.8 Å². The Morgan fingerprint density at radius 1 is 1.50 bits per heavy atom. The smallest absolute Gasteiger partial charge is 0.411 e. The Morgan fingerprint density at radius 3 is 2.83 bits per heavy atom. The van der Waals surface area contributed by atoms with E-state index in [9.17, 15) is 13.2 Å². The Balaban J connectivity index is 2.39. The SMILES string of the molecule is CCNS(=O)(=O)c1ccc2c(c1)CCN2C(=O)O. The number of anilines is 1. The number of nitrogens with zero attached hydrogens (tertiary/aromatic N) is 1. The standard InChI is InChI=1S/C11H14N2O4S/c1-2-12-18(16,17)9-3-4-10-8(7-9)5-6-13(10)11(14)15/h3-4,7,12H,2,5-6H2,1H3,(H,14,15). The zero-order chi connectivity index (χ0) is 13.3. The molecule has 7 heteroatoms. The molecule has 1 aliphatic rings. The van der Waals surface area contributed by atoms with Crippen molar-refractivity contribution < 1.29 is 18.3 Å². The fraction of sp³-hybridized carbons (Fsp3) is 0.364. The van der Waals surface area contributed by atoms with Gasteiger partial charge in [0.1, 0.15) is 0 Å². The third-order valence-corrected chi connectivity index (χ3v) is 4.37. The van der Waals surface area contributed by atoms with Gasteiger partial charge in [-0.25, -0.2) is 17.9 Å². The average Bonchev–Trinajstić information content (AvgIpc) is 2.71. The molecule has 0 unspecified atom stereocenters. The van der Waals surface area contributed by atoms with Gasteiger partial charge in [-0.15, -0.1) is 0 Å². The first-order valence-corrected chi connectivity index (χ1v) is 7.07. The summed E-state index contributed by atoms with van der Waals surface area (Å²) in [7, 11) is -3.49. The molecule has 1 aromatic carbocycles. The van der Waals surface area contributed by atoms with E-state index in [0.29, 0.717) is 25.2 Å². The summed E-state index contributed by atoms with van der Waals surface area (Å²) in [6.07, 6.45) is -0.479. The van der Waals surface area contributed by atoms with E-state index in [-0.39, 0.29) is 4.90 Å². The van der Waals surface area contributed by atoms with Crippen molar-refractivity contribution in [2.24, 2.45) is 0 Å². The van der Waals surface area contributed by atoms with Crippen molar-refractivity contribution >= 4 is 21.8 Å². The van der Waals surface area contributed by atoms with Crippen molar-refractivity contribution in [2.75, 3.05) is 18.0 Å². The maximum absolute atomic E-state index is 11.8. The average molecular weight is 270 g/mol. The first-order valence-electron chi connectivity index (χ1n) is 5.59. The summed E-state index contributed by atoms with van der Waals surface area (Å²) in [4.78, 5) is 12.3. The molecule has 1 aromatic rings. The van der Waals surface area contributed by atoms with Crippen LogP contribution in [0.1, 0.15) is 12.5 Å². The number of carbonyl (C=O) groups is 1. The molecule has 6 nitrogen and oxygen atoms in total. The Labute approximate surface area is 105 Å². The van der Waals surface area contributed by atoms with Crippen LogP contribution in [0.4, 0.5) is 10.5 Å². The van der Waals surface area contributed by atoms with E-state index < -0.39 is 16.1 Å². The van der Waals surface area contributed by atoms with Gasteiger partial charge in [0.05, 0.1) is 10.6 Å². The lowest BCUT2D eigenvalue weighted by atomic mass is 10.2. The predicted octanol–water partition coefficient (Wildman–Crippen LogP) is 1.03. The van der Waals surface area contributed by atoms with E-state index in [1.165, 1.54) is 17.0 Å². The summed E-state index contributed by atoms with van der Waals surface area (Å²) in [6, 6.07) is 4.51. The molecular weight excluding hydrogens is 256 g/mol. The summed E-state index contributed by atoms with van der Waals surface area (Å²) in [5.74, 6) is 0. The molecule has 1 aliphatic heterocycles. The summed E-state index contributed by atoms with van der Waals surface area (Å²) in [5.41, 5.74) is 1.31. The molecule has 0 aromatic heterocycles. The molecule has 2 N–H and O–H groups in total. The van der Waals surface area contributed by atoms with Gasteiger partial charge in [-0.3, -0.25) is 4.90 Å². The fourth-order valence-corrected chi connectivity index (χ4v) is 3.11. The summed E-state index contributed by atoms with van der Waals surface area (Å²) in [5, 5.41) is 8.97. The van der Waals surface area contributed by atoms with Gasteiger partial charge in [0.2, 0.25) is 10.0 Å². The van der Waals surface area contributed by atoms with Gasteiger partial charge in [0.25, 0.3) is 0 Å². The van der Waals surface area contributed by atoms with Crippen LogP contribution in [-0.4, -0.2) is 32.7 Å². The number of fused-ring (bicyclic) bond motifs is 1. The van der Waals surface area contributed by atoms with Crippen molar-refractivity contribution in [1.29, 1.82) is 0 Å². The van der Waals surface area contributed by atoms with Crippen molar-refractivity contribution in [1.82, 2.24) is 4.72 Å². The molecule has 0 spiro atoms. The lowest BCUT2D eigenvalue weighted by Gasteiger charge is -2.13. The fourth-order valence-electron chi connectivity index (χ4n) is 2.02. The molecule has 0 bridgehead atoms. The van der Waals surface area contributed by atoms with Crippen LogP contribution >= 0.6 is 0 Å². The topological polar surface area (TPSA) is 86.7 Å². The highest BCUT2D eigenvalue weighted by Gasteiger charge is 2.25. The zero-order valence-electron chi connectivity index (χ0n) is 9.88. The van der Waals surface area contributed by atoms with Crippen LogP contribution in [0.5, 0.6) is 0 Å². The van der Waals surface area contributed by atoms with E-state index >= 15 is 0 Å². The number of hydrogen-bond donors (Lipinski definition) is 2. The normalized spacial score (nSPS) is 14.6. The number of benzene rings is 1. The van der Waals surface area contributed by atoms with E-state index in [0.717, 1.165) is 5.56 Å². The van der Waals surface area contributed by atoms with Gasteiger partial charge in [-0.1, -0.05) is 6.92 Å². The van der Waals surface area contributed by atoms with Gasteiger partial charge in [-0.05, 0) is 30.2 Å². The highest BCUT2D eigenvalue weighted by Crippen LogP contribution is 2.30. The van der Waals surface area contributed by atoms with Crippen molar-refractivity contribution in [3.63, 3.8) is 0 Å². The van der Waals surface area contributed by atoms with Crippen LogP contribution in [-0.2, 0) is 16.4 Å². The molecule has 1 heterocycles. The van der Waals surface area contributed by atoms with Crippen LogP contribution < -0.4 is 9.62 Å². The molecule has 98 valence electrons. The summed E-state index contributed by atoms with van der Waals surface area (Å²) in [6.45, 7) is 2.40. The number of nitrogens with one attached hydrogen (secondary N) is 1. The molecule has 1 amide bonds. The van der Waals surface area contributed by atoms with Crippen LogP contribution in [0, 0.1) is 0 Å². The van der Waals surface area contributed by atoms with Gasteiger partial charge in [0, 0.05) is 13.1 Å². The van der Waals surface area contributed by atoms with Gasteiger partial charge in [0.15, 0.2) is 0 Å². The maximum atomic E-state index is 11.8. The van der Waals surface area contributed by atoms with Crippen LogP contribution in [0.2, 0.25) is 0 Å². The van der Waals surface area contributed by atoms with E-state index in [4.69, 9.17) is 5.11 Å². The molecule has 0 saturated heterocycles. The van der Waals surface area contributed by atoms with Crippen molar-refractivity contribution in [2.45, 2.75) is 18.2 Å². The first kappa shape index (κ1) is 12.8. The number of hydrogen-bond acceptors (Lipinski definition) is 3. The minimum Gasteiger partial charge on any atom is -0.465 e. The summed E-state index contributed by atoms with van der Waals surface area (Å²) >= 11 is 0. The van der Waals surface area contributed by atoms with Crippen molar-refractivity contribution in [3.8, 4) is 0 Å². The minimum atomic E-state index is -3.49. The third-order valence-electron chi connectivity index (χ3n) is 2.82. The maximum Gasteiger partial charge on any atom is 0.411 e. The lowest BCUT2D eigenvalue weighted by molar-refractivity contribution is 0.202. The molecule has 0 fully saturated rings. The zero-order valence-corrected chi connectivity index (χ0v) is 10.7. The van der Waals surface area contributed by atoms with Gasteiger partial charge < -0.3 is 5.11 Å². The number of rotatable bonds is 3. The number of carboxylic acid groups (broad SMARTS) is 1. The molecule has 0 aliphatic carbocycles. The Morgan fingerprint density at radius 2 is 2.22 bits per heavy atom. The number of amides is 1. The minimum absolute atomic E-state index is 0.176. The second kappa shape index (κ2) is 4.58. The number of sulfonamides is 1. The third kappa shape index (κ3) is 2.19. The largest absolute Gasteiger partial charge is 0.465 e. The Hall–Kier alpha value is -1.60. The Bertz CT molecular complexity index is 583. The van der Waals surface area contributed by atoms with Gasteiger partial charge in [-0.2, -0.15) is 0 Å². The molecule has 0 radical (unpaired) electrons. The van der Waals surface area contributed by atoms with E-state index in [1.807, 2.05) is 0 Å². The molecular formula is C11H14N2O4S. The Kier molecular flexibility index (Phi) is 3.27. The molecule has 2 rings (SSSR count). The predicted molar refractivity (Wildman–Crippen MR) is 66.4 cm³/mol. The van der Waals surface area contributed by atoms with Gasteiger partial charge >= 0.3 is 6.09 Å². The second-order valence-electron chi connectivity index (χ2n) is 3.98. The van der Waals surface area contributed by atoms with E-state index in [1.54, 1.807) is 13.0 Å². The lowest BCUT2D eigenvalue weighted by Crippen LogP contribution is -2.26. The molecule has 0 saturated carbocycles. The van der Waals surface area contributed by atoms with Crippen LogP contribution in [0.15, 0.2) is 23.1 Å². The second-order valence-corrected chi connectivity index (χ2v) is 5.74. The first-order chi connectivity index (χ1) is 8.45.